The van der Waals surface area contributed by atoms with Gasteiger partial charge >= 0.3 is 0 Å². The lowest BCUT2D eigenvalue weighted by Crippen LogP contribution is -1.99. The largest absolute Gasteiger partial charge is 0.358 e. The lowest BCUT2D eigenvalue weighted by Gasteiger charge is -2.17. The summed E-state index contributed by atoms with van der Waals surface area (Å²) in [6, 6.07) is 16.9. The maximum absolute atomic E-state index is 4.85. The lowest BCUT2D eigenvalue weighted by atomic mass is 9.90. The summed E-state index contributed by atoms with van der Waals surface area (Å²) in [5.41, 5.74) is 12.1. The van der Waals surface area contributed by atoms with Gasteiger partial charge in [-0.05, 0) is 109 Å². The first-order chi connectivity index (χ1) is 18.0. The highest BCUT2D eigenvalue weighted by Gasteiger charge is 2.16. The molecule has 0 spiro atoms. The minimum Gasteiger partial charge on any atom is -0.358 e. The van der Waals surface area contributed by atoms with Gasteiger partial charge in [-0.2, -0.15) is 0 Å². The summed E-state index contributed by atoms with van der Waals surface area (Å²) >= 11 is 0. The third kappa shape index (κ3) is 5.07. The van der Waals surface area contributed by atoms with Crippen LogP contribution in [-0.2, 0) is 6.42 Å². The van der Waals surface area contributed by atoms with Crippen LogP contribution >= 0.6 is 0 Å². The number of aromatic amines is 2. The Labute approximate surface area is 216 Å². The first kappa shape index (κ1) is 22.9. The topological polar surface area (TPSA) is 68.7 Å². The molecule has 2 N–H and O–H groups in total. The predicted molar refractivity (Wildman–Crippen MR) is 156 cm³/mol. The highest BCUT2D eigenvalue weighted by molar-refractivity contribution is 6.00. The highest BCUT2D eigenvalue weighted by atomic mass is 14.8. The number of hydrogen-bond acceptors (Lipinski definition) is 3. The summed E-state index contributed by atoms with van der Waals surface area (Å²) in [6.07, 6.45) is 14.0. The number of aryl methyl sites for hydroxylation is 2. The molecule has 2 aromatic carbocycles. The zero-order valence-corrected chi connectivity index (χ0v) is 21.3. The average molecular weight is 484 g/mol. The van der Waals surface area contributed by atoms with Gasteiger partial charge in [0, 0.05) is 29.7 Å². The number of H-pyrrole nitrogens is 2. The van der Waals surface area contributed by atoms with Crippen LogP contribution in [0.1, 0.15) is 47.2 Å². The van der Waals surface area contributed by atoms with Crippen LogP contribution in [0.2, 0.25) is 0 Å². The van der Waals surface area contributed by atoms with Crippen molar-refractivity contribution in [2.45, 2.75) is 33.6 Å². The number of aliphatic imine (C=N–C) groups is 3. The van der Waals surface area contributed by atoms with Crippen molar-refractivity contribution in [3.05, 3.63) is 111 Å². The van der Waals surface area contributed by atoms with E-state index in [1.807, 2.05) is 44.6 Å². The first-order valence-corrected chi connectivity index (χ1v) is 12.6. The standard InChI is InChI=1S/C32H29N5/c1-20-4-7-23(10-20)17-33-29-11-24-13-30(34-18-27-8-5-21(2)36-27)15-26-16-31(14-25(12-29)32(24)26)35-19-28-9-6-22(3)37-28/h4-9,11-13,15-19,36-37H,10,14H2,1-3H3. The lowest BCUT2D eigenvalue weighted by molar-refractivity contribution is 1.13. The Morgan fingerprint density at radius 1 is 0.703 bits per heavy atom. The van der Waals surface area contributed by atoms with E-state index in [0.29, 0.717) is 0 Å². The van der Waals surface area contributed by atoms with Gasteiger partial charge in [0.2, 0.25) is 0 Å². The van der Waals surface area contributed by atoms with E-state index in [1.54, 1.807) is 0 Å². The van der Waals surface area contributed by atoms with E-state index < -0.39 is 0 Å². The molecule has 37 heavy (non-hydrogen) atoms. The van der Waals surface area contributed by atoms with E-state index in [9.17, 15) is 0 Å². The highest BCUT2D eigenvalue weighted by Crippen LogP contribution is 2.38. The molecule has 0 unspecified atom stereocenters. The molecule has 2 aliphatic rings. The van der Waals surface area contributed by atoms with Crippen molar-refractivity contribution < 1.29 is 0 Å². The Kier molecular flexibility index (Phi) is 5.89. The minimum absolute atomic E-state index is 0.761. The molecule has 5 nitrogen and oxygen atoms in total. The number of allylic oxidation sites excluding steroid dienone is 5. The van der Waals surface area contributed by atoms with Crippen molar-refractivity contribution >= 4 is 46.9 Å². The molecule has 0 radical (unpaired) electrons. The van der Waals surface area contributed by atoms with E-state index >= 15 is 0 Å². The van der Waals surface area contributed by atoms with Crippen LogP contribution < -0.4 is 0 Å². The normalized spacial score (nSPS) is 15.4. The molecule has 182 valence electrons. The summed E-state index contributed by atoms with van der Waals surface area (Å²) < 4.78 is 0. The molecule has 2 aliphatic carbocycles. The fourth-order valence-corrected chi connectivity index (χ4v) is 4.95. The molecule has 0 atom stereocenters. The van der Waals surface area contributed by atoms with Crippen LogP contribution in [-0.4, -0.2) is 28.6 Å². The van der Waals surface area contributed by atoms with Crippen LogP contribution in [0.4, 0.5) is 11.4 Å². The van der Waals surface area contributed by atoms with Gasteiger partial charge in [-0.1, -0.05) is 17.7 Å². The number of aromatic nitrogens is 2. The van der Waals surface area contributed by atoms with E-state index in [-0.39, 0.29) is 0 Å². The van der Waals surface area contributed by atoms with Gasteiger partial charge < -0.3 is 9.97 Å². The maximum atomic E-state index is 4.85. The molecular formula is C32H29N5. The van der Waals surface area contributed by atoms with Crippen molar-refractivity contribution in [2.24, 2.45) is 15.0 Å². The van der Waals surface area contributed by atoms with Crippen LogP contribution in [0.5, 0.6) is 0 Å². The van der Waals surface area contributed by atoms with Crippen molar-refractivity contribution in [2.75, 3.05) is 0 Å². The van der Waals surface area contributed by atoms with E-state index in [1.165, 1.54) is 22.1 Å². The second-order valence-corrected chi connectivity index (χ2v) is 9.95. The third-order valence-electron chi connectivity index (χ3n) is 6.70. The molecule has 0 saturated carbocycles. The second-order valence-electron chi connectivity index (χ2n) is 9.95. The molecule has 0 aliphatic heterocycles. The van der Waals surface area contributed by atoms with Crippen LogP contribution in [0.25, 0.3) is 16.8 Å². The van der Waals surface area contributed by atoms with Gasteiger partial charge in [0.1, 0.15) is 0 Å². The monoisotopic (exact) mass is 483 g/mol. The fourth-order valence-electron chi connectivity index (χ4n) is 4.95. The summed E-state index contributed by atoms with van der Waals surface area (Å²) in [5.74, 6) is 0. The smallest absolute Gasteiger partial charge is 0.0642 e. The Hall–Kier alpha value is -4.51. The van der Waals surface area contributed by atoms with Gasteiger partial charge in [-0.15, -0.1) is 0 Å². The number of nitrogens with zero attached hydrogens (tertiary/aromatic N) is 3. The Balaban J connectivity index is 1.40. The van der Waals surface area contributed by atoms with Crippen LogP contribution in [0, 0.1) is 13.8 Å². The zero-order chi connectivity index (χ0) is 25.4. The molecule has 0 bridgehead atoms. The number of nitrogens with one attached hydrogen (secondary N) is 2. The molecule has 2 aromatic heterocycles. The van der Waals surface area contributed by atoms with Crippen LogP contribution in [0.3, 0.4) is 0 Å². The van der Waals surface area contributed by atoms with E-state index in [0.717, 1.165) is 63.6 Å². The summed E-state index contributed by atoms with van der Waals surface area (Å²) in [4.78, 5) is 21.1. The fraction of sp³-hybridized carbons (Fsp3) is 0.156. The van der Waals surface area contributed by atoms with Crippen molar-refractivity contribution in [3.63, 3.8) is 0 Å². The van der Waals surface area contributed by atoms with Gasteiger partial charge in [0.05, 0.1) is 35.2 Å². The SMILES string of the molecule is CC1=CC=C(C=Nc2cc3c4c(cc(N=Cc5ccc(C)[nH]5)cc4c2)C=C(N=Cc2ccc(C)[nH]2)C3)C1. The van der Waals surface area contributed by atoms with Gasteiger partial charge in [-0.3, -0.25) is 15.0 Å². The molecule has 2 heterocycles. The molecule has 5 heteroatoms. The first-order valence-electron chi connectivity index (χ1n) is 12.6. The Morgan fingerprint density at radius 2 is 1.38 bits per heavy atom. The molecule has 4 aromatic rings. The molecule has 0 amide bonds. The zero-order valence-electron chi connectivity index (χ0n) is 21.3. The number of hydrogen-bond donors (Lipinski definition) is 2. The maximum Gasteiger partial charge on any atom is 0.0642 e. The minimum atomic E-state index is 0.761. The summed E-state index contributed by atoms with van der Waals surface area (Å²) in [6.45, 7) is 6.24. The summed E-state index contributed by atoms with van der Waals surface area (Å²) in [5, 5.41) is 2.40. The average Bonchev–Trinajstić information content (AvgIpc) is 3.61. The molecule has 0 fully saturated rings. The van der Waals surface area contributed by atoms with Crippen molar-refractivity contribution in [1.29, 1.82) is 0 Å². The van der Waals surface area contributed by atoms with Crippen LogP contribution in [0.15, 0.2) is 92.5 Å². The van der Waals surface area contributed by atoms with Gasteiger partial charge in [0.25, 0.3) is 0 Å². The number of benzene rings is 2. The number of rotatable bonds is 6. The van der Waals surface area contributed by atoms with Gasteiger partial charge in [-0.25, -0.2) is 0 Å². The summed E-state index contributed by atoms with van der Waals surface area (Å²) in [7, 11) is 0. The molecule has 0 saturated heterocycles. The molecule has 6 rings (SSSR count). The Morgan fingerprint density at radius 3 is 2.03 bits per heavy atom. The van der Waals surface area contributed by atoms with E-state index in [4.69, 9.17) is 15.0 Å². The van der Waals surface area contributed by atoms with E-state index in [2.05, 4.69) is 71.5 Å². The molecular weight excluding hydrogens is 454 g/mol. The van der Waals surface area contributed by atoms with Crippen molar-refractivity contribution in [3.8, 4) is 0 Å². The second kappa shape index (κ2) is 9.51. The quantitative estimate of drug-likeness (QED) is 0.262. The van der Waals surface area contributed by atoms with Crippen molar-refractivity contribution in [1.82, 2.24) is 9.97 Å². The Bertz CT molecular complexity index is 1700. The third-order valence-corrected chi connectivity index (χ3v) is 6.70. The van der Waals surface area contributed by atoms with Gasteiger partial charge in [0.15, 0.2) is 0 Å². The predicted octanol–water partition coefficient (Wildman–Crippen LogP) is 7.86.